The highest BCUT2D eigenvalue weighted by Gasteiger charge is 2.22. The van der Waals surface area contributed by atoms with Gasteiger partial charge in [0.15, 0.2) is 0 Å². The molecule has 0 atom stereocenters. The minimum absolute atomic E-state index is 0.0451. The van der Waals surface area contributed by atoms with Crippen molar-refractivity contribution in [2.45, 2.75) is 11.4 Å². The molecule has 0 bridgehead atoms. The zero-order valence-corrected chi connectivity index (χ0v) is 12.1. The van der Waals surface area contributed by atoms with E-state index < -0.39 is 15.8 Å². The predicted octanol–water partition coefficient (Wildman–Crippen LogP) is 1.82. The molecule has 0 saturated heterocycles. The number of hydrogen-bond acceptors (Lipinski definition) is 4. The van der Waals surface area contributed by atoms with Crippen LogP contribution in [0.4, 0.5) is 10.1 Å². The third-order valence-electron chi connectivity index (χ3n) is 3.09. The summed E-state index contributed by atoms with van der Waals surface area (Å²) in [5, 5.41) is 9.43. The first-order chi connectivity index (χ1) is 9.86. The van der Waals surface area contributed by atoms with Crippen molar-refractivity contribution >= 4 is 15.7 Å². The average Bonchev–Trinajstić information content (AvgIpc) is 2.46. The van der Waals surface area contributed by atoms with E-state index in [-0.39, 0.29) is 22.8 Å². The molecule has 0 spiro atoms. The number of rotatable bonds is 4. The van der Waals surface area contributed by atoms with Gasteiger partial charge >= 0.3 is 0 Å². The van der Waals surface area contributed by atoms with Gasteiger partial charge in [0.1, 0.15) is 11.6 Å². The Labute approximate surface area is 122 Å². The van der Waals surface area contributed by atoms with E-state index >= 15 is 0 Å². The van der Waals surface area contributed by atoms with Crippen LogP contribution in [-0.2, 0) is 16.6 Å². The maximum atomic E-state index is 13.4. The van der Waals surface area contributed by atoms with Gasteiger partial charge in [0.05, 0.1) is 10.6 Å². The van der Waals surface area contributed by atoms with Crippen molar-refractivity contribution in [2.75, 3.05) is 11.4 Å². The summed E-state index contributed by atoms with van der Waals surface area (Å²) in [6, 6.07) is 9.31. The number of nitrogens with two attached hydrogens (primary N) is 1. The fourth-order valence-corrected chi connectivity index (χ4v) is 3.09. The van der Waals surface area contributed by atoms with E-state index in [1.54, 1.807) is 6.07 Å². The summed E-state index contributed by atoms with van der Waals surface area (Å²) in [6.45, 7) is -0.0922. The number of phenolic OH excluding ortho intramolecular Hbond substituents is 1. The molecule has 2 aromatic carbocycles. The van der Waals surface area contributed by atoms with Gasteiger partial charge in [-0.2, -0.15) is 0 Å². The highest BCUT2D eigenvalue weighted by molar-refractivity contribution is 7.92. The molecule has 0 aliphatic carbocycles. The Bertz CT molecular complexity index is 763. The fourth-order valence-electron chi connectivity index (χ4n) is 1.85. The SMILES string of the molecule is CN(c1cccc(O)c1)S(=O)(=O)c1ccc(F)c(CN)c1. The molecule has 21 heavy (non-hydrogen) atoms. The van der Waals surface area contributed by atoms with E-state index in [0.29, 0.717) is 5.69 Å². The molecule has 0 heterocycles. The third-order valence-corrected chi connectivity index (χ3v) is 4.87. The lowest BCUT2D eigenvalue weighted by atomic mass is 10.2. The smallest absolute Gasteiger partial charge is 0.264 e. The van der Waals surface area contributed by atoms with Gasteiger partial charge in [0.2, 0.25) is 0 Å². The molecular formula is C14H15FN2O3S. The summed E-state index contributed by atoms with van der Waals surface area (Å²) < 4.78 is 39.4. The van der Waals surface area contributed by atoms with Crippen LogP contribution in [0.1, 0.15) is 5.56 Å². The first-order valence-electron chi connectivity index (χ1n) is 6.12. The minimum Gasteiger partial charge on any atom is -0.508 e. The molecule has 0 aliphatic heterocycles. The largest absolute Gasteiger partial charge is 0.508 e. The van der Waals surface area contributed by atoms with Crippen molar-refractivity contribution in [2.24, 2.45) is 5.73 Å². The van der Waals surface area contributed by atoms with Gasteiger partial charge in [0, 0.05) is 25.2 Å². The van der Waals surface area contributed by atoms with E-state index in [1.807, 2.05) is 0 Å². The maximum Gasteiger partial charge on any atom is 0.264 e. The predicted molar refractivity (Wildman–Crippen MR) is 78.0 cm³/mol. The van der Waals surface area contributed by atoms with Crippen LogP contribution in [0.3, 0.4) is 0 Å². The fraction of sp³-hybridized carbons (Fsp3) is 0.143. The molecule has 5 nitrogen and oxygen atoms in total. The van der Waals surface area contributed by atoms with E-state index in [2.05, 4.69) is 0 Å². The van der Waals surface area contributed by atoms with E-state index in [1.165, 1.54) is 37.4 Å². The number of aromatic hydroxyl groups is 1. The molecule has 2 aromatic rings. The third kappa shape index (κ3) is 2.98. The first kappa shape index (κ1) is 15.3. The Balaban J connectivity index is 2.46. The Hall–Kier alpha value is -2.12. The van der Waals surface area contributed by atoms with E-state index in [0.717, 1.165) is 10.4 Å². The molecule has 0 radical (unpaired) electrons. The van der Waals surface area contributed by atoms with Crippen LogP contribution in [0.15, 0.2) is 47.4 Å². The van der Waals surface area contributed by atoms with E-state index in [4.69, 9.17) is 5.73 Å². The second-order valence-corrected chi connectivity index (χ2v) is 6.42. The molecule has 3 N–H and O–H groups in total. The second kappa shape index (κ2) is 5.71. The van der Waals surface area contributed by atoms with Crippen molar-refractivity contribution in [1.82, 2.24) is 0 Å². The molecule has 0 amide bonds. The van der Waals surface area contributed by atoms with Crippen LogP contribution in [0.5, 0.6) is 5.75 Å². The standard InChI is InChI=1S/C14H15FN2O3S/c1-17(11-3-2-4-12(18)8-11)21(19,20)13-5-6-14(15)10(7-13)9-16/h2-8,18H,9,16H2,1H3. The molecule has 2 rings (SSSR count). The molecule has 7 heteroatoms. The summed E-state index contributed by atoms with van der Waals surface area (Å²) in [5.74, 6) is -0.590. The average molecular weight is 310 g/mol. The quantitative estimate of drug-likeness (QED) is 0.902. The number of nitrogens with zero attached hydrogens (tertiary/aromatic N) is 1. The lowest BCUT2D eigenvalue weighted by molar-refractivity contribution is 0.475. The van der Waals surface area contributed by atoms with Gasteiger partial charge in [-0.1, -0.05) is 6.07 Å². The number of anilines is 1. The van der Waals surface area contributed by atoms with Crippen molar-refractivity contribution < 1.29 is 17.9 Å². The topological polar surface area (TPSA) is 83.6 Å². The monoisotopic (exact) mass is 310 g/mol. The number of phenols is 1. The number of hydrogen-bond donors (Lipinski definition) is 2. The summed E-state index contributed by atoms with van der Waals surface area (Å²) in [5.41, 5.74) is 5.81. The van der Waals surface area contributed by atoms with Crippen molar-refractivity contribution in [3.05, 3.63) is 53.8 Å². The molecular weight excluding hydrogens is 295 g/mol. The van der Waals surface area contributed by atoms with E-state index in [9.17, 15) is 17.9 Å². The van der Waals surface area contributed by atoms with Gasteiger partial charge in [0.25, 0.3) is 10.0 Å². The number of sulfonamides is 1. The van der Waals surface area contributed by atoms with Gasteiger partial charge < -0.3 is 10.8 Å². The van der Waals surface area contributed by atoms with Crippen molar-refractivity contribution in [3.8, 4) is 5.75 Å². The van der Waals surface area contributed by atoms with Crippen LogP contribution in [-0.4, -0.2) is 20.6 Å². The first-order valence-corrected chi connectivity index (χ1v) is 7.56. The second-order valence-electron chi connectivity index (χ2n) is 4.45. The molecule has 0 aromatic heterocycles. The van der Waals surface area contributed by atoms with Crippen LogP contribution in [0, 0.1) is 5.82 Å². The highest BCUT2D eigenvalue weighted by Crippen LogP contribution is 2.25. The Kier molecular flexibility index (Phi) is 4.15. The van der Waals surface area contributed by atoms with Crippen LogP contribution in [0.2, 0.25) is 0 Å². The molecule has 0 fully saturated rings. The zero-order valence-electron chi connectivity index (χ0n) is 11.3. The van der Waals surface area contributed by atoms with Gasteiger partial charge in [-0.25, -0.2) is 12.8 Å². The van der Waals surface area contributed by atoms with Crippen molar-refractivity contribution in [1.29, 1.82) is 0 Å². The number of benzene rings is 2. The Morgan fingerprint density at radius 3 is 2.57 bits per heavy atom. The van der Waals surface area contributed by atoms with Crippen LogP contribution >= 0.6 is 0 Å². The molecule has 112 valence electrons. The minimum atomic E-state index is -3.86. The van der Waals surface area contributed by atoms with Gasteiger partial charge in [-0.05, 0) is 30.3 Å². The Morgan fingerprint density at radius 1 is 1.24 bits per heavy atom. The van der Waals surface area contributed by atoms with Crippen molar-refractivity contribution in [3.63, 3.8) is 0 Å². The van der Waals surface area contributed by atoms with Gasteiger partial charge in [-0.15, -0.1) is 0 Å². The Morgan fingerprint density at radius 2 is 1.95 bits per heavy atom. The van der Waals surface area contributed by atoms with Crippen LogP contribution < -0.4 is 10.0 Å². The lowest BCUT2D eigenvalue weighted by Crippen LogP contribution is -2.26. The van der Waals surface area contributed by atoms with Gasteiger partial charge in [-0.3, -0.25) is 4.31 Å². The zero-order chi connectivity index (χ0) is 15.6. The normalized spacial score (nSPS) is 11.4. The number of halogens is 1. The molecule has 0 aliphatic rings. The maximum absolute atomic E-state index is 13.4. The summed E-state index contributed by atoms with van der Waals surface area (Å²) in [4.78, 5) is -0.0600. The molecule has 0 unspecified atom stereocenters. The summed E-state index contributed by atoms with van der Waals surface area (Å²) >= 11 is 0. The van der Waals surface area contributed by atoms with Crippen LogP contribution in [0.25, 0.3) is 0 Å². The molecule has 0 saturated carbocycles. The summed E-state index contributed by atoms with van der Waals surface area (Å²) in [7, 11) is -2.50. The lowest BCUT2D eigenvalue weighted by Gasteiger charge is -2.20. The summed E-state index contributed by atoms with van der Waals surface area (Å²) in [6.07, 6.45) is 0. The highest BCUT2D eigenvalue weighted by atomic mass is 32.2.